The van der Waals surface area contributed by atoms with E-state index >= 15 is 0 Å². The van der Waals surface area contributed by atoms with Crippen molar-refractivity contribution in [2.75, 3.05) is 0 Å². The summed E-state index contributed by atoms with van der Waals surface area (Å²) in [4.78, 5) is 6.57. The molecule has 4 unspecified atom stereocenters. The largest absolute Gasteiger partial charge is 0.292 e. The van der Waals surface area contributed by atoms with Gasteiger partial charge in [-0.05, 0) is 51.4 Å². The number of hydrogen-bond donors (Lipinski definition) is 0. The Balaban J connectivity index is 1.91. The summed E-state index contributed by atoms with van der Waals surface area (Å²) >= 11 is 0. The summed E-state index contributed by atoms with van der Waals surface area (Å²) in [5.74, 6) is 2.47. The van der Waals surface area contributed by atoms with Gasteiger partial charge in [0.2, 0.25) is 0 Å². The predicted octanol–water partition coefficient (Wildman–Crippen LogP) is 4.01. The molecule has 0 radical (unpaired) electrons. The van der Waals surface area contributed by atoms with Crippen LogP contribution in [0.3, 0.4) is 0 Å². The zero-order chi connectivity index (χ0) is 12.9. The molecule has 0 aromatic carbocycles. The molecule has 3 fully saturated rings. The Morgan fingerprint density at radius 3 is 2.39 bits per heavy atom. The lowest BCUT2D eigenvalue weighted by Crippen LogP contribution is -2.46. The fourth-order valence-corrected chi connectivity index (χ4v) is 5.02. The average molecular weight is 251 g/mol. The van der Waals surface area contributed by atoms with Crippen molar-refractivity contribution in [1.29, 1.82) is 0 Å². The van der Waals surface area contributed by atoms with E-state index < -0.39 is 0 Å². The van der Waals surface area contributed by atoms with Gasteiger partial charge in [-0.1, -0.05) is 26.7 Å². The molecule has 2 heteroatoms. The van der Waals surface area contributed by atoms with Crippen LogP contribution in [0.4, 0.5) is 0 Å². The molecule has 2 aliphatic carbocycles. The fraction of sp³-hybridized carbons (Fsp3) is 1.00. The van der Waals surface area contributed by atoms with Crippen molar-refractivity contribution in [3.8, 4) is 0 Å². The zero-order valence-corrected chi connectivity index (χ0v) is 12.5. The summed E-state index contributed by atoms with van der Waals surface area (Å²) in [5.41, 5.74) is 0.220. The lowest BCUT2D eigenvalue weighted by molar-refractivity contribution is -0.224. The van der Waals surface area contributed by atoms with Crippen LogP contribution in [-0.2, 0) is 4.84 Å². The van der Waals surface area contributed by atoms with Crippen LogP contribution in [0.2, 0.25) is 0 Å². The average Bonchev–Trinajstić information content (AvgIpc) is 2.87. The molecule has 0 N–H and O–H groups in total. The molecule has 2 nitrogen and oxygen atoms in total. The van der Waals surface area contributed by atoms with Crippen LogP contribution in [0.25, 0.3) is 0 Å². The van der Waals surface area contributed by atoms with E-state index in [1.54, 1.807) is 0 Å². The summed E-state index contributed by atoms with van der Waals surface area (Å²) in [6.45, 7) is 9.46. The molecule has 0 amide bonds. The van der Waals surface area contributed by atoms with Crippen LogP contribution in [0.5, 0.6) is 0 Å². The van der Waals surface area contributed by atoms with E-state index in [0.717, 1.165) is 17.8 Å². The molecule has 0 bridgehead atoms. The molecule has 18 heavy (non-hydrogen) atoms. The van der Waals surface area contributed by atoms with E-state index in [2.05, 4.69) is 32.8 Å². The van der Waals surface area contributed by atoms with E-state index in [0.29, 0.717) is 12.1 Å². The first-order chi connectivity index (χ1) is 8.53. The molecule has 1 aliphatic heterocycles. The fourth-order valence-electron chi connectivity index (χ4n) is 5.02. The first-order valence-corrected chi connectivity index (χ1v) is 8.01. The second kappa shape index (κ2) is 4.49. The lowest BCUT2D eigenvalue weighted by atomic mass is 9.66. The smallest absolute Gasteiger partial charge is 0.0943 e. The minimum absolute atomic E-state index is 0.220. The van der Waals surface area contributed by atoms with E-state index in [9.17, 15) is 0 Å². The van der Waals surface area contributed by atoms with Gasteiger partial charge in [-0.2, -0.15) is 5.06 Å². The standard InChI is InChI=1S/C16H29NO/c1-11(2)17-15-13(4)9-12(3)10-14(15)16(18-17)7-5-6-8-16/h11-15H,5-10H2,1-4H3. The summed E-state index contributed by atoms with van der Waals surface area (Å²) in [6, 6.07) is 1.20. The van der Waals surface area contributed by atoms with Gasteiger partial charge in [-0.25, -0.2) is 0 Å². The Labute approximate surface area is 112 Å². The van der Waals surface area contributed by atoms with E-state index in [4.69, 9.17) is 4.84 Å². The molecule has 1 heterocycles. The number of fused-ring (bicyclic) bond motifs is 2. The van der Waals surface area contributed by atoms with Gasteiger partial charge in [0.1, 0.15) is 0 Å². The maximum Gasteiger partial charge on any atom is 0.0943 e. The third-order valence-electron chi connectivity index (χ3n) is 5.64. The highest BCUT2D eigenvalue weighted by Gasteiger charge is 2.58. The monoisotopic (exact) mass is 251 g/mol. The van der Waals surface area contributed by atoms with E-state index in [1.807, 2.05) is 0 Å². The van der Waals surface area contributed by atoms with Gasteiger partial charge < -0.3 is 0 Å². The third-order valence-corrected chi connectivity index (χ3v) is 5.64. The Bertz CT molecular complexity index is 308. The van der Waals surface area contributed by atoms with Crippen molar-refractivity contribution in [3.63, 3.8) is 0 Å². The molecule has 3 rings (SSSR count). The van der Waals surface area contributed by atoms with Gasteiger partial charge in [0.25, 0.3) is 0 Å². The van der Waals surface area contributed by atoms with Gasteiger partial charge in [-0.15, -0.1) is 0 Å². The number of hydrogen-bond acceptors (Lipinski definition) is 2. The first-order valence-electron chi connectivity index (χ1n) is 8.01. The second-order valence-electron chi connectivity index (χ2n) is 7.47. The van der Waals surface area contributed by atoms with Crippen LogP contribution in [0, 0.1) is 17.8 Å². The molecule has 104 valence electrons. The first kappa shape index (κ1) is 12.9. The summed E-state index contributed by atoms with van der Waals surface area (Å²) in [7, 11) is 0. The minimum atomic E-state index is 0.220. The Kier molecular flexibility index (Phi) is 3.22. The van der Waals surface area contributed by atoms with E-state index in [1.165, 1.54) is 38.5 Å². The Morgan fingerprint density at radius 1 is 1.11 bits per heavy atom. The predicted molar refractivity (Wildman–Crippen MR) is 74.1 cm³/mol. The van der Waals surface area contributed by atoms with Gasteiger partial charge in [0.05, 0.1) is 5.60 Å². The maximum atomic E-state index is 6.57. The Hall–Kier alpha value is -0.0800. The molecule has 3 aliphatic rings. The van der Waals surface area contributed by atoms with Crippen molar-refractivity contribution >= 4 is 0 Å². The van der Waals surface area contributed by atoms with Crippen LogP contribution < -0.4 is 0 Å². The lowest BCUT2D eigenvalue weighted by Gasteiger charge is -2.40. The highest BCUT2D eigenvalue weighted by atomic mass is 16.7. The molecule has 1 saturated heterocycles. The van der Waals surface area contributed by atoms with Gasteiger partial charge in [0.15, 0.2) is 0 Å². The van der Waals surface area contributed by atoms with Crippen molar-refractivity contribution in [1.82, 2.24) is 5.06 Å². The quantitative estimate of drug-likeness (QED) is 0.698. The summed E-state index contributed by atoms with van der Waals surface area (Å²) in [6.07, 6.45) is 8.12. The van der Waals surface area contributed by atoms with Crippen molar-refractivity contribution in [2.45, 2.75) is 83.9 Å². The van der Waals surface area contributed by atoms with Gasteiger partial charge in [-0.3, -0.25) is 4.84 Å². The van der Waals surface area contributed by atoms with Crippen molar-refractivity contribution in [2.24, 2.45) is 17.8 Å². The second-order valence-corrected chi connectivity index (χ2v) is 7.47. The highest BCUT2D eigenvalue weighted by molar-refractivity contribution is 5.05. The maximum absolute atomic E-state index is 6.57. The molecule has 1 spiro atoms. The highest BCUT2D eigenvalue weighted by Crippen LogP contribution is 2.55. The molecular formula is C16H29NO. The van der Waals surface area contributed by atoms with Crippen LogP contribution in [-0.4, -0.2) is 22.7 Å². The molecule has 2 saturated carbocycles. The molecule has 0 aromatic heterocycles. The van der Waals surface area contributed by atoms with Crippen LogP contribution >= 0.6 is 0 Å². The number of hydroxylamine groups is 2. The SMILES string of the molecule is CC1CC(C)C2C(C1)C1(CCCC1)ON2C(C)C. The molecule has 0 aromatic rings. The summed E-state index contributed by atoms with van der Waals surface area (Å²) in [5, 5.41) is 2.38. The van der Waals surface area contributed by atoms with Gasteiger partial charge >= 0.3 is 0 Å². The minimum Gasteiger partial charge on any atom is -0.292 e. The van der Waals surface area contributed by atoms with Crippen molar-refractivity contribution < 1.29 is 4.84 Å². The van der Waals surface area contributed by atoms with Crippen LogP contribution in [0.1, 0.15) is 66.2 Å². The molecular weight excluding hydrogens is 222 g/mol. The van der Waals surface area contributed by atoms with E-state index in [-0.39, 0.29) is 5.60 Å². The number of rotatable bonds is 1. The van der Waals surface area contributed by atoms with Gasteiger partial charge in [0, 0.05) is 18.0 Å². The number of nitrogens with zero attached hydrogens (tertiary/aromatic N) is 1. The Morgan fingerprint density at radius 2 is 1.78 bits per heavy atom. The normalized spacial score (nSPS) is 43.8. The molecule has 4 atom stereocenters. The topological polar surface area (TPSA) is 12.5 Å². The zero-order valence-electron chi connectivity index (χ0n) is 12.5. The van der Waals surface area contributed by atoms with Crippen LogP contribution in [0.15, 0.2) is 0 Å². The summed E-state index contributed by atoms with van der Waals surface area (Å²) < 4.78 is 0. The van der Waals surface area contributed by atoms with Crippen molar-refractivity contribution in [3.05, 3.63) is 0 Å². The third kappa shape index (κ3) is 1.84.